The summed E-state index contributed by atoms with van der Waals surface area (Å²) < 4.78 is -0.302. The van der Waals surface area contributed by atoms with Gasteiger partial charge in [0.15, 0.2) is 5.78 Å². The molecule has 0 unspecified atom stereocenters. The Balaban J connectivity index is 1.89. The Bertz CT molecular complexity index is 400. The van der Waals surface area contributed by atoms with Crippen LogP contribution < -0.4 is 0 Å². The van der Waals surface area contributed by atoms with Crippen molar-refractivity contribution in [2.24, 2.45) is 0 Å². The van der Waals surface area contributed by atoms with E-state index in [9.17, 15) is 4.79 Å². The van der Waals surface area contributed by atoms with Crippen LogP contribution in [0.3, 0.4) is 0 Å². The predicted molar refractivity (Wildman–Crippen MR) is 81.4 cm³/mol. The molecule has 1 aromatic rings. The molecule has 0 bridgehead atoms. The van der Waals surface area contributed by atoms with Crippen LogP contribution in [0.25, 0.3) is 0 Å². The average molecular weight is 375 g/mol. The maximum absolute atomic E-state index is 11.8. The highest BCUT2D eigenvalue weighted by Crippen LogP contribution is 2.33. The van der Waals surface area contributed by atoms with Gasteiger partial charge in [-0.25, -0.2) is 0 Å². The SMILES string of the molecule is O=C(CBr)C1(Br)CCN(Cc2ccccc2)CC1. The molecule has 2 rings (SSSR count). The van der Waals surface area contributed by atoms with Gasteiger partial charge in [0, 0.05) is 19.6 Å². The number of halogens is 2. The van der Waals surface area contributed by atoms with E-state index in [0.29, 0.717) is 5.33 Å². The standard InChI is InChI=1S/C14H17Br2NO/c15-10-13(18)14(16)6-8-17(9-7-14)11-12-4-2-1-3-5-12/h1-5H,6-11H2. The fourth-order valence-electron chi connectivity index (χ4n) is 2.31. The minimum atomic E-state index is -0.302. The van der Waals surface area contributed by atoms with E-state index in [2.05, 4.69) is 61.0 Å². The Morgan fingerprint density at radius 2 is 1.83 bits per heavy atom. The molecule has 1 heterocycles. The number of carbonyl (C=O) groups is 1. The molecule has 0 atom stereocenters. The normalized spacial score (nSPS) is 19.7. The lowest BCUT2D eigenvalue weighted by Gasteiger charge is -2.36. The van der Waals surface area contributed by atoms with Gasteiger partial charge in [0.1, 0.15) is 0 Å². The van der Waals surface area contributed by atoms with E-state index in [1.54, 1.807) is 0 Å². The zero-order valence-electron chi connectivity index (χ0n) is 10.2. The summed E-state index contributed by atoms with van der Waals surface area (Å²) in [4.78, 5) is 14.3. The number of Topliss-reactive ketones (excluding diaryl/α,β-unsaturated/α-hetero) is 1. The summed E-state index contributed by atoms with van der Waals surface area (Å²) in [7, 11) is 0. The first-order valence-corrected chi connectivity index (χ1v) is 8.10. The van der Waals surface area contributed by atoms with Gasteiger partial charge in [-0.05, 0) is 18.4 Å². The molecule has 1 fully saturated rings. The summed E-state index contributed by atoms with van der Waals surface area (Å²) in [5.41, 5.74) is 1.34. The van der Waals surface area contributed by atoms with Crippen molar-refractivity contribution in [1.29, 1.82) is 0 Å². The number of piperidine rings is 1. The first-order chi connectivity index (χ1) is 8.64. The highest BCUT2D eigenvalue weighted by atomic mass is 79.9. The van der Waals surface area contributed by atoms with Crippen molar-refractivity contribution in [2.75, 3.05) is 18.4 Å². The first kappa shape index (κ1) is 14.2. The Morgan fingerprint density at radius 1 is 1.22 bits per heavy atom. The van der Waals surface area contributed by atoms with E-state index < -0.39 is 0 Å². The molecule has 1 aliphatic heterocycles. The van der Waals surface area contributed by atoms with Crippen molar-refractivity contribution >= 4 is 37.6 Å². The topological polar surface area (TPSA) is 20.3 Å². The van der Waals surface area contributed by atoms with Gasteiger partial charge < -0.3 is 0 Å². The van der Waals surface area contributed by atoms with Crippen molar-refractivity contribution in [3.8, 4) is 0 Å². The third-order valence-electron chi connectivity index (χ3n) is 3.52. The fraction of sp³-hybridized carbons (Fsp3) is 0.500. The number of rotatable bonds is 4. The van der Waals surface area contributed by atoms with Crippen LogP contribution >= 0.6 is 31.9 Å². The zero-order valence-corrected chi connectivity index (χ0v) is 13.4. The summed E-state index contributed by atoms with van der Waals surface area (Å²) in [6.07, 6.45) is 1.79. The number of benzene rings is 1. The molecule has 0 radical (unpaired) electrons. The van der Waals surface area contributed by atoms with Crippen LogP contribution in [0, 0.1) is 0 Å². The third-order valence-corrected chi connectivity index (χ3v) is 5.26. The molecule has 0 aromatic heterocycles. The molecule has 98 valence electrons. The van der Waals surface area contributed by atoms with Gasteiger partial charge in [0.25, 0.3) is 0 Å². The predicted octanol–water partition coefficient (Wildman–Crippen LogP) is 3.38. The molecule has 1 aromatic carbocycles. The molecule has 0 N–H and O–H groups in total. The number of hydrogen-bond donors (Lipinski definition) is 0. The Hall–Kier alpha value is -0.190. The van der Waals surface area contributed by atoms with E-state index in [1.165, 1.54) is 5.56 Å². The third kappa shape index (κ3) is 3.43. The van der Waals surface area contributed by atoms with Gasteiger partial charge in [-0.3, -0.25) is 9.69 Å². The van der Waals surface area contributed by atoms with Gasteiger partial charge in [0.2, 0.25) is 0 Å². The highest BCUT2D eigenvalue weighted by molar-refractivity contribution is 9.10. The lowest BCUT2D eigenvalue weighted by molar-refractivity contribution is -0.119. The minimum absolute atomic E-state index is 0.266. The summed E-state index contributed by atoms with van der Waals surface area (Å²) in [6, 6.07) is 10.5. The fourth-order valence-corrected chi connectivity index (χ4v) is 3.71. The molecule has 1 saturated heterocycles. The van der Waals surface area contributed by atoms with Crippen molar-refractivity contribution in [1.82, 2.24) is 4.90 Å². The quantitative estimate of drug-likeness (QED) is 0.753. The van der Waals surface area contributed by atoms with Gasteiger partial charge in [-0.15, -0.1) is 0 Å². The van der Waals surface area contributed by atoms with Crippen molar-refractivity contribution in [2.45, 2.75) is 23.7 Å². The van der Waals surface area contributed by atoms with Crippen LogP contribution in [0.5, 0.6) is 0 Å². The number of likely N-dealkylation sites (tertiary alicyclic amines) is 1. The second kappa shape index (κ2) is 6.31. The molecule has 0 aliphatic carbocycles. The second-order valence-electron chi connectivity index (χ2n) is 4.78. The molecule has 1 aliphatic rings. The number of nitrogens with zero attached hydrogens (tertiary/aromatic N) is 1. The molecule has 18 heavy (non-hydrogen) atoms. The molecule has 0 saturated carbocycles. The second-order valence-corrected chi connectivity index (χ2v) is 6.86. The van der Waals surface area contributed by atoms with E-state index in [4.69, 9.17) is 0 Å². The lowest BCUT2D eigenvalue weighted by atomic mass is 9.93. The van der Waals surface area contributed by atoms with Crippen LogP contribution in [0.2, 0.25) is 0 Å². The van der Waals surface area contributed by atoms with Gasteiger partial charge in [0.05, 0.1) is 9.65 Å². The van der Waals surface area contributed by atoms with E-state index in [0.717, 1.165) is 32.5 Å². The molecule has 0 amide bonds. The molecule has 4 heteroatoms. The van der Waals surface area contributed by atoms with Gasteiger partial charge in [-0.1, -0.05) is 62.2 Å². The Morgan fingerprint density at radius 3 is 2.39 bits per heavy atom. The summed E-state index contributed by atoms with van der Waals surface area (Å²) in [5.74, 6) is 0.266. The molecular formula is C14H17Br2NO. The summed E-state index contributed by atoms with van der Waals surface area (Å²) in [6.45, 7) is 2.92. The van der Waals surface area contributed by atoms with Crippen molar-refractivity contribution in [3.05, 3.63) is 35.9 Å². The minimum Gasteiger partial charge on any atom is -0.299 e. The zero-order chi connectivity index (χ0) is 13.0. The highest BCUT2D eigenvalue weighted by Gasteiger charge is 2.37. The number of carbonyl (C=O) groups excluding carboxylic acids is 1. The Kier molecular flexibility index (Phi) is 4.98. The smallest absolute Gasteiger partial charge is 0.160 e. The maximum atomic E-state index is 11.8. The van der Waals surface area contributed by atoms with Gasteiger partial charge in [-0.2, -0.15) is 0 Å². The lowest BCUT2D eigenvalue weighted by Crippen LogP contribution is -2.45. The average Bonchev–Trinajstić information content (AvgIpc) is 2.42. The van der Waals surface area contributed by atoms with E-state index in [-0.39, 0.29) is 10.1 Å². The van der Waals surface area contributed by atoms with Crippen LogP contribution in [0.1, 0.15) is 18.4 Å². The number of hydrogen-bond acceptors (Lipinski definition) is 2. The van der Waals surface area contributed by atoms with E-state index in [1.807, 2.05) is 6.07 Å². The molecule has 2 nitrogen and oxygen atoms in total. The van der Waals surface area contributed by atoms with Crippen LogP contribution in [-0.2, 0) is 11.3 Å². The van der Waals surface area contributed by atoms with Crippen molar-refractivity contribution < 1.29 is 4.79 Å². The number of ketones is 1. The number of alkyl halides is 2. The van der Waals surface area contributed by atoms with E-state index >= 15 is 0 Å². The largest absolute Gasteiger partial charge is 0.299 e. The van der Waals surface area contributed by atoms with Crippen LogP contribution in [0.15, 0.2) is 30.3 Å². The summed E-state index contributed by atoms with van der Waals surface area (Å²) >= 11 is 6.89. The van der Waals surface area contributed by atoms with Crippen LogP contribution in [-0.4, -0.2) is 33.4 Å². The first-order valence-electron chi connectivity index (χ1n) is 6.18. The van der Waals surface area contributed by atoms with Crippen LogP contribution in [0.4, 0.5) is 0 Å². The molecule has 0 spiro atoms. The van der Waals surface area contributed by atoms with Gasteiger partial charge >= 0.3 is 0 Å². The maximum Gasteiger partial charge on any atom is 0.160 e. The molecular weight excluding hydrogens is 358 g/mol. The Labute approximate surface area is 125 Å². The monoisotopic (exact) mass is 373 g/mol. The van der Waals surface area contributed by atoms with Crippen molar-refractivity contribution in [3.63, 3.8) is 0 Å². The summed E-state index contributed by atoms with van der Waals surface area (Å²) in [5, 5.41) is 0.441.